The first-order valence-electron chi connectivity index (χ1n) is 6.03. The lowest BCUT2D eigenvalue weighted by atomic mass is 9.78. The van der Waals surface area contributed by atoms with Gasteiger partial charge in [0.15, 0.2) is 0 Å². The molecular formula is C12H16N4O3. The minimum Gasteiger partial charge on any atom is -0.347 e. The van der Waals surface area contributed by atoms with Crippen LogP contribution in [0.15, 0.2) is 18.2 Å². The molecule has 0 heterocycles. The highest BCUT2D eigenvalue weighted by molar-refractivity contribution is 5.99. The van der Waals surface area contributed by atoms with Gasteiger partial charge in [0.2, 0.25) is 0 Å². The fourth-order valence-electron chi connectivity index (χ4n) is 2.14. The summed E-state index contributed by atoms with van der Waals surface area (Å²) in [4.78, 5) is 22.5. The van der Waals surface area contributed by atoms with E-state index in [0.29, 0.717) is 5.69 Å². The molecule has 102 valence electrons. The van der Waals surface area contributed by atoms with E-state index < -0.39 is 10.8 Å². The Bertz CT molecular complexity index is 526. The molecule has 0 bridgehead atoms. The number of hydrazine groups is 1. The predicted molar refractivity (Wildman–Crippen MR) is 70.6 cm³/mol. The SMILES string of the molecule is CC1(NC(=O)c2cc(NN)ccc2[N+](=O)[O-])CCC1. The number of amides is 1. The van der Waals surface area contributed by atoms with Crippen molar-refractivity contribution in [1.29, 1.82) is 0 Å². The zero-order chi connectivity index (χ0) is 14.0. The summed E-state index contributed by atoms with van der Waals surface area (Å²) >= 11 is 0. The van der Waals surface area contributed by atoms with Gasteiger partial charge in [0.05, 0.1) is 4.92 Å². The van der Waals surface area contributed by atoms with Gasteiger partial charge in [-0.25, -0.2) is 0 Å². The van der Waals surface area contributed by atoms with E-state index >= 15 is 0 Å². The summed E-state index contributed by atoms with van der Waals surface area (Å²) < 4.78 is 0. The molecule has 2 rings (SSSR count). The molecule has 0 saturated heterocycles. The molecule has 7 nitrogen and oxygen atoms in total. The second kappa shape index (κ2) is 4.85. The van der Waals surface area contributed by atoms with Crippen molar-refractivity contribution in [3.05, 3.63) is 33.9 Å². The Morgan fingerprint density at radius 2 is 2.16 bits per heavy atom. The molecule has 4 N–H and O–H groups in total. The molecule has 0 radical (unpaired) electrons. The van der Waals surface area contributed by atoms with Crippen molar-refractivity contribution in [2.45, 2.75) is 31.7 Å². The van der Waals surface area contributed by atoms with Gasteiger partial charge in [-0.3, -0.25) is 20.8 Å². The summed E-state index contributed by atoms with van der Waals surface area (Å²) in [6, 6.07) is 4.11. The molecule has 1 saturated carbocycles. The summed E-state index contributed by atoms with van der Waals surface area (Å²) in [6.07, 6.45) is 2.84. The van der Waals surface area contributed by atoms with Gasteiger partial charge in [-0.2, -0.15) is 0 Å². The maximum atomic E-state index is 12.2. The molecule has 1 aromatic rings. The van der Waals surface area contributed by atoms with Crippen LogP contribution in [0.5, 0.6) is 0 Å². The van der Waals surface area contributed by atoms with E-state index in [1.807, 2.05) is 6.92 Å². The van der Waals surface area contributed by atoms with Gasteiger partial charge in [0, 0.05) is 17.3 Å². The van der Waals surface area contributed by atoms with Crippen LogP contribution in [0.25, 0.3) is 0 Å². The van der Waals surface area contributed by atoms with E-state index in [-0.39, 0.29) is 16.8 Å². The third kappa shape index (κ3) is 2.65. The van der Waals surface area contributed by atoms with E-state index in [1.54, 1.807) is 0 Å². The Labute approximate surface area is 110 Å². The minimum atomic E-state index is -0.571. The van der Waals surface area contributed by atoms with Crippen molar-refractivity contribution < 1.29 is 9.72 Å². The molecular weight excluding hydrogens is 248 g/mol. The summed E-state index contributed by atoms with van der Waals surface area (Å²) in [5, 5.41) is 13.8. The number of hydrogen-bond acceptors (Lipinski definition) is 5. The molecule has 1 aliphatic carbocycles. The van der Waals surface area contributed by atoms with E-state index in [0.717, 1.165) is 19.3 Å². The standard InChI is InChI=1S/C12H16N4O3/c1-12(5-2-6-12)14-11(17)9-7-8(15-13)3-4-10(9)16(18)19/h3-4,7,15H,2,5-6,13H2,1H3,(H,14,17). The van der Waals surface area contributed by atoms with E-state index in [2.05, 4.69) is 10.7 Å². The van der Waals surface area contributed by atoms with Gasteiger partial charge < -0.3 is 10.7 Å². The summed E-state index contributed by atoms with van der Waals surface area (Å²) in [5.74, 6) is 4.82. The fraction of sp³-hybridized carbons (Fsp3) is 0.417. The number of nitrogens with two attached hydrogens (primary N) is 1. The highest BCUT2D eigenvalue weighted by Crippen LogP contribution is 2.32. The van der Waals surface area contributed by atoms with Gasteiger partial charge in [-0.05, 0) is 38.3 Å². The molecule has 0 aromatic heterocycles. The van der Waals surface area contributed by atoms with Crippen molar-refractivity contribution in [2.24, 2.45) is 5.84 Å². The number of benzene rings is 1. The highest BCUT2D eigenvalue weighted by atomic mass is 16.6. The van der Waals surface area contributed by atoms with Crippen LogP contribution in [0.1, 0.15) is 36.5 Å². The Balaban J connectivity index is 2.30. The van der Waals surface area contributed by atoms with E-state index in [9.17, 15) is 14.9 Å². The number of nitrogens with zero attached hydrogens (tertiary/aromatic N) is 1. The number of nitro groups is 1. The van der Waals surface area contributed by atoms with Crippen LogP contribution in [0.3, 0.4) is 0 Å². The second-order valence-electron chi connectivity index (χ2n) is 5.00. The highest BCUT2D eigenvalue weighted by Gasteiger charge is 2.34. The maximum Gasteiger partial charge on any atom is 0.282 e. The average Bonchev–Trinajstić information content (AvgIpc) is 2.35. The van der Waals surface area contributed by atoms with Crippen LogP contribution in [-0.2, 0) is 0 Å². The number of nitrogen functional groups attached to an aromatic ring is 1. The van der Waals surface area contributed by atoms with Gasteiger partial charge in [0.25, 0.3) is 11.6 Å². The van der Waals surface area contributed by atoms with Gasteiger partial charge >= 0.3 is 0 Å². The third-order valence-electron chi connectivity index (χ3n) is 3.48. The molecule has 1 aromatic carbocycles. The van der Waals surface area contributed by atoms with Crippen molar-refractivity contribution in [1.82, 2.24) is 5.32 Å². The predicted octanol–water partition coefficient (Wildman–Crippen LogP) is 1.55. The molecule has 1 amide bonds. The van der Waals surface area contributed by atoms with Crippen LogP contribution in [-0.4, -0.2) is 16.4 Å². The fourth-order valence-corrected chi connectivity index (χ4v) is 2.14. The molecule has 1 fully saturated rings. The van der Waals surface area contributed by atoms with Crippen molar-refractivity contribution in [3.63, 3.8) is 0 Å². The Hall–Kier alpha value is -2.15. The number of hydrogen-bond donors (Lipinski definition) is 3. The zero-order valence-corrected chi connectivity index (χ0v) is 10.6. The molecule has 19 heavy (non-hydrogen) atoms. The maximum absolute atomic E-state index is 12.2. The number of nitro benzene ring substituents is 1. The second-order valence-corrected chi connectivity index (χ2v) is 5.00. The first-order chi connectivity index (χ1) is 8.95. The molecule has 7 heteroatoms. The Kier molecular flexibility index (Phi) is 3.39. The van der Waals surface area contributed by atoms with Crippen molar-refractivity contribution in [2.75, 3.05) is 5.43 Å². The number of rotatable bonds is 4. The van der Waals surface area contributed by atoms with Crippen LogP contribution in [0, 0.1) is 10.1 Å². The van der Waals surface area contributed by atoms with E-state index in [1.165, 1.54) is 18.2 Å². The Morgan fingerprint density at radius 1 is 1.47 bits per heavy atom. The molecule has 1 aliphatic rings. The van der Waals surface area contributed by atoms with Crippen LogP contribution in [0.4, 0.5) is 11.4 Å². The normalized spacial score (nSPS) is 16.3. The minimum absolute atomic E-state index is 0.0218. The topological polar surface area (TPSA) is 110 Å². The van der Waals surface area contributed by atoms with Crippen molar-refractivity contribution in [3.8, 4) is 0 Å². The Morgan fingerprint density at radius 3 is 2.63 bits per heavy atom. The van der Waals surface area contributed by atoms with Crippen molar-refractivity contribution >= 4 is 17.3 Å². The lowest BCUT2D eigenvalue weighted by Crippen LogP contribution is -2.51. The van der Waals surface area contributed by atoms with E-state index in [4.69, 9.17) is 5.84 Å². The largest absolute Gasteiger partial charge is 0.347 e. The first-order valence-corrected chi connectivity index (χ1v) is 6.03. The summed E-state index contributed by atoms with van der Waals surface area (Å²) in [5.41, 5.74) is 2.38. The number of carbonyl (C=O) groups is 1. The third-order valence-corrected chi connectivity index (χ3v) is 3.48. The molecule has 0 unspecified atom stereocenters. The van der Waals surface area contributed by atoms with Gasteiger partial charge in [0.1, 0.15) is 5.56 Å². The average molecular weight is 264 g/mol. The van der Waals surface area contributed by atoms with Crippen LogP contribution < -0.4 is 16.6 Å². The van der Waals surface area contributed by atoms with Gasteiger partial charge in [-0.15, -0.1) is 0 Å². The smallest absolute Gasteiger partial charge is 0.282 e. The lowest BCUT2D eigenvalue weighted by molar-refractivity contribution is -0.385. The molecule has 0 atom stereocenters. The lowest BCUT2D eigenvalue weighted by Gasteiger charge is -2.39. The van der Waals surface area contributed by atoms with Crippen LogP contribution >= 0.6 is 0 Å². The van der Waals surface area contributed by atoms with Crippen LogP contribution in [0.2, 0.25) is 0 Å². The monoisotopic (exact) mass is 264 g/mol. The summed E-state index contributed by atoms with van der Waals surface area (Å²) in [7, 11) is 0. The molecule has 0 spiro atoms. The quantitative estimate of drug-likeness (QED) is 0.434. The summed E-state index contributed by atoms with van der Waals surface area (Å²) in [6.45, 7) is 1.94. The number of carbonyl (C=O) groups excluding carboxylic acids is 1. The molecule has 0 aliphatic heterocycles. The number of nitrogens with one attached hydrogen (secondary N) is 2. The zero-order valence-electron chi connectivity index (χ0n) is 10.6. The van der Waals surface area contributed by atoms with Gasteiger partial charge in [-0.1, -0.05) is 0 Å². The first kappa shape index (κ1) is 13.3. The number of anilines is 1.